The summed E-state index contributed by atoms with van der Waals surface area (Å²) in [7, 11) is 0. The Morgan fingerprint density at radius 1 is 0.500 bits per heavy atom. The van der Waals surface area contributed by atoms with Crippen molar-refractivity contribution in [3.8, 4) is 11.1 Å². The zero-order valence-electron chi connectivity index (χ0n) is 18.8. The van der Waals surface area contributed by atoms with Crippen LogP contribution in [0, 0.1) is 13.8 Å². The van der Waals surface area contributed by atoms with Gasteiger partial charge in [-0.25, -0.2) is 0 Å². The summed E-state index contributed by atoms with van der Waals surface area (Å²) in [6, 6.07) is 35.2. The van der Waals surface area contributed by atoms with Gasteiger partial charge in [-0.15, -0.1) is 0 Å². The Bertz CT molecular complexity index is 1100. The van der Waals surface area contributed by atoms with Gasteiger partial charge in [0, 0.05) is 13.1 Å². The molecule has 2 N–H and O–H groups in total. The zero-order chi connectivity index (χ0) is 21.9. The molecule has 5 rings (SSSR count). The highest BCUT2D eigenvalue weighted by Gasteiger charge is 2.34. The Morgan fingerprint density at radius 2 is 0.906 bits per heavy atom. The lowest BCUT2D eigenvalue weighted by molar-refractivity contribution is 0.377. The topological polar surface area (TPSA) is 24.1 Å². The molecule has 0 unspecified atom stereocenters. The Balaban J connectivity index is 1.57. The SMILES string of the molecule is Cc1cccc2c1-c1c(C)cccc1[C@H](NCc1ccccc1)[C@@H]2NCc1ccccc1. The zero-order valence-corrected chi connectivity index (χ0v) is 18.8. The van der Waals surface area contributed by atoms with Gasteiger partial charge in [0.2, 0.25) is 0 Å². The van der Waals surface area contributed by atoms with Crippen LogP contribution in [0.3, 0.4) is 0 Å². The monoisotopic (exact) mass is 418 g/mol. The van der Waals surface area contributed by atoms with E-state index in [4.69, 9.17) is 0 Å². The van der Waals surface area contributed by atoms with E-state index in [1.807, 2.05) is 0 Å². The van der Waals surface area contributed by atoms with E-state index in [-0.39, 0.29) is 12.1 Å². The van der Waals surface area contributed by atoms with E-state index in [2.05, 4.69) is 122 Å². The number of hydrogen-bond acceptors (Lipinski definition) is 2. The van der Waals surface area contributed by atoms with E-state index in [0.29, 0.717) is 0 Å². The molecule has 1 aliphatic rings. The number of fused-ring (bicyclic) bond motifs is 3. The van der Waals surface area contributed by atoms with Crippen molar-refractivity contribution in [1.29, 1.82) is 0 Å². The smallest absolute Gasteiger partial charge is 0.0527 e. The Kier molecular flexibility index (Phi) is 5.89. The highest BCUT2D eigenvalue weighted by atomic mass is 15.0. The van der Waals surface area contributed by atoms with Crippen molar-refractivity contribution < 1.29 is 0 Å². The van der Waals surface area contributed by atoms with E-state index >= 15 is 0 Å². The third-order valence-corrected chi connectivity index (χ3v) is 6.60. The second-order valence-electron chi connectivity index (χ2n) is 8.77. The molecule has 0 amide bonds. The molecule has 0 aliphatic heterocycles. The van der Waals surface area contributed by atoms with Crippen LogP contribution < -0.4 is 10.6 Å². The van der Waals surface area contributed by atoms with E-state index in [1.165, 1.54) is 44.5 Å². The second-order valence-corrected chi connectivity index (χ2v) is 8.77. The molecule has 1 aliphatic carbocycles. The summed E-state index contributed by atoms with van der Waals surface area (Å²) in [5, 5.41) is 7.81. The minimum Gasteiger partial charge on any atom is -0.304 e. The number of benzene rings is 4. The van der Waals surface area contributed by atoms with Crippen LogP contribution in [0.15, 0.2) is 97.1 Å². The number of hydrogen-bond donors (Lipinski definition) is 2. The molecule has 4 aromatic rings. The lowest BCUT2D eigenvalue weighted by Gasteiger charge is -2.38. The summed E-state index contributed by atoms with van der Waals surface area (Å²) in [6.45, 7) is 6.15. The summed E-state index contributed by atoms with van der Waals surface area (Å²) < 4.78 is 0. The molecular weight excluding hydrogens is 388 g/mol. The summed E-state index contributed by atoms with van der Waals surface area (Å²) in [5.74, 6) is 0. The van der Waals surface area contributed by atoms with Gasteiger partial charge in [-0.2, -0.15) is 0 Å². The molecule has 0 aromatic heterocycles. The maximum Gasteiger partial charge on any atom is 0.0527 e. The molecule has 0 fully saturated rings. The Hall–Kier alpha value is -3.20. The van der Waals surface area contributed by atoms with Crippen molar-refractivity contribution in [3.05, 3.63) is 130 Å². The second kappa shape index (κ2) is 9.12. The van der Waals surface area contributed by atoms with Crippen molar-refractivity contribution >= 4 is 0 Å². The summed E-state index contributed by atoms with van der Waals surface area (Å²) in [6.07, 6.45) is 0. The highest BCUT2D eigenvalue weighted by molar-refractivity contribution is 5.80. The van der Waals surface area contributed by atoms with Crippen molar-refractivity contribution in [2.75, 3.05) is 0 Å². The molecule has 160 valence electrons. The molecule has 0 spiro atoms. The lowest BCUT2D eigenvalue weighted by Crippen LogP contribution is -2.38. The largest absolute Gasteiger partial charge is 0.304 e. The van der Waals surface area contributed by atoms with Crippen LogP contribution in [0.4, 0.5) is 0 Å². The maximum atomic E-state index is 3.91. The van der Waals surface area contributed by atoms with Crippen LogP contribution in [0.1, 0.15) is 45.5 Å². The quantitative estimate of drug-likeness (QED) is 0.366. The molecule has 0 radical (unpaired) electrons. The van der Waals surface area contributed by atoms with Gasteiger partial charge in [0.1, 0.15) is 0 Å². The molecule has 2 atom stereocenters. The molecule has 0 saturated heterocycles. The third kappa shape index (κ3) is 4.00. The maximum absolute atomic E-state index is 3.91. The van der Waals surface area contributed by atoms with Crippen molar-refractivity contribution in [1.82, 2.24) is 10.6 Å². The molecule has 2 nitrogen and oxygen atoms in total. The predicted octanol–water partition coefficient (Wildman–Crippen LogP) is 6.65. The van der Waals surface area contributed by atoms with E-state index in [1.54, 1.807) is 0 Å². The van der Waals surface area contributed by atoms with Gasteiger partial charge in [0.15, 0.2) is 0 Å². The van der Waals surface area contributed by atoms with Crippen LogP contribution in [0.2, 0.25) is 0 Å². The normalized spacial score (nSPS) is 16.9. The fraction of sp³-hybridized carbons (Fsp3) is 0.200. The van der Waals surface area contributed by atoms with E-state index in [0.717, 1.165) is 13.1 Å². The third-order valence-electron chi connectivity index (χ3n) is 6.60. The fourth-order valence-electron chi connectivity index (χ4n) is 5.04. The molecular formula is C30H30N2. The Morgan fingerprint density at radius 3 is 1.31 bits per heavy atom. The molecule has 0 heterocycles. The first-order chi connectivity index (χ1) is 15.7. The Labute approximate surface area is 191 Å². The van der Waals surface area contributed by atoms with Gasteiger partial charge in [-0.05, 0) is 58.4 Å². The summed E-state index contributed by atoms with van der Waals surface area (Å²) in [4.78, 5) is 0. The lowest BCUT2D eigenvalue weighted by atomic mass is 9.75. The van der Waals surface area contributed by atoms with Crippen LogP contribution in [-0.4, -0.2) is 0 Å². The minimum absolute atomic E-state index is 0.183. The van der Waals surface area contributed by atoms with Gasteiger partial charge >= 0.3 is 0 Å². The number of nitrogens with one attached hydrogen (secondary N) is 2. The van der Waals surface area contributed by atoms with Crippen molar-refractivity contribution in [2.45, 2.75) is 39.0 Å². The van der Waals surface area contributed by atoms with Crippen LogP contribution in [0.5, 0.6) is 0 Å². The van der Waals surface area contributed by atoms with Crippen LogP contribution in [0.25, 0.3) is 11.1 Å². The minimum atomic E-state index is 0.183. The average molecular weight is 419 g/mol. The van der Waals surface area contributed by atoms with Crippen LogP contribution >= 0.6 is 0 Å². The first kappa shape index (κ1) is 20.7. The first-order valence-electron chi connectivity index (χ1n) is 11.5. The molecule has 2 heteroatoms. The summed E-state index contributed by atoms with van der Waals surface area (Å²) >= 11 is 0. The molecule has 32 heavy (non-hydrogen) atoms. The average Bonchev–Trinajstić information content (AvgIpc) is 2.83. The summed E-state index contributed by atoms with van der Waals surface area (Å²) in [5.41, 5.74) is 10.8. The van der Waals surface area contributed by atoms with Gasteiger partial charge in [0.05, 0.1) is 12.1 Å². The van der Waals surface area contributed by atoms with E-state index < -0.39 is 0 Å². The van der Waals surface area contributed by atoms with Gasteiger partial charge in [-0.3, -0.25) is 0 Å². The van der Waals surface area contributed by atoms with Crippen LogP contribution in [-0.2, 0) is 13.1 Å². The van der Waals surface area contributed by atoms with Gasteiger partial charge in [-0.1, -0.05) is 97.1 Å². The van der Waals surface area contributed by atoms with Crippen molar-refractivity contribution in [3.63, 3.8) is 0 Å². The predicted molar refractivity (Wildman–Crippen MR) is 133 cm³/mol. The standard InChI is InChI=1S/C30H30N2/c1-21-11-9-17-25-27(21)28-22(2)12-10-18-26(28)30(32-20-24-15-7-4-8-16-24)29(25)31-19-23-13-5-3-6-14-23/h3-18,29-32H,19-20H2,1-2H3/t29-,30+. The van der Waals surface area contributed by atoms with Gasteiger partial charge in [0.25, 0.3) is 0 Å². The molecule has 4 aromatic carbocycles. The fourth-order valence-corrected chi connectivity index (χ4v) is 5.04. The van der Waals surface area contributed by atoms with Crippen molar-refractivity contribution in [2.24, 2.45) is 0 Å². The highest BCUT2D eigenvalue weighted by Crippen LogP contribution is 2.47. The van der Waals surface area contributed by atoms with Gasteiger partial charge < -0.3 is 10.6 Å². The number of rotatable bonds is 6. The number of aryl methyl sites for hydroxylation is 2. The van der Waals surface area contributed by atoms with E-state index in [9.17, 15) is 0 Å². The molecule has 0 saturated carbocycles. The molecule has 0 bridgehead atoms. The first-order valence-corrected chi connectivity index (χ1v) is 11.5.